The van der Waals surface area contributed by atoms with E-state index in [0.29, 0.717) is 11.4 Å². The minimum atomic E-state index is -0.383. The Morgan fingerprint density at radius 1 is 1.38 bits per heavy atom. The predicted molar refractivity (Wildman–Crippen MR) is 47.3 cm³/mol. The van der Waals surface area contributed by atoms with Crippen molar-refractivity contribution in [2.45, 2.75) is 0 Å². The van der Waals surface area contributed by atoms with Gasteiger partial charge in [-0.25, -0.2) is 16.7 Å². The second-order valence-corrected chi connectivity index (χ2v) is 2.05. The summed E-state index contributed by atoms with van der Waals surface area (Å²) < 4.78 is 0. The first-order chi connectivity index (χ1) is 5.77. The Hall–Kier alpha value is -1.70. The van der Waals surface area contributed by atoms with E-state index < -0.39 is 0 Å². The van der Waals surface area contributed by atoms with Crippen molar-refractivity contribution in [2.24, 2.45) is 11.7 Å². The molecule has 1 aromatic rings. The fraction of sp³-hybridized carbons (Fsp3) is 0. The molecule has 0 aromatic carbocycles. The third kappa shape index (κ3) is 2.67. The summed E-state index contributed by atoms with van der Waals surface area (Å²) in [6.07, 6.45) is 1.37. The van der Waals surface area contributed by atoms with Gasteiger partial charge in [-0.05, 0) is 12.1 Å². The number of hydrogen-bond acceptors (Lipinski definition) is 5. The Balaban J connectivity index is 0.00000144. The minimum Gasteiger partial charge on any atom is -0.412 e. The van der Waals surface area contributed by atoms with E-state index in [1.54, 1.807) is 12.1 Å². The Labute approximate surface area is 74.4 Å². The van der Waals surface area contributed by atoms with Gasteiger partial charge in [0.15, 0.2) is 0 Å². The van der Waals surface area contributed by atoms with Gasteiger partial charge in [0, 0.05) is 6.20 Å². The molecule has 0 aliphatic rings. The van der Waals surface area contributed by atoms with Crippen LogP contribution in [-0.2, 0) is 0 Å². The third-order valence-corrected chi connectivity index (χ3v) is 1.30. The number of nitrogen functional groups attached to an aromatic ring is 2. The van der Waals surface area contributed by atoms with Crippen molar-refractivity contribution in [3.05, 3.63) is 23.9 Å². The van der Waals surface area contributed by atoms with Gasteiger partial charge in [0.25, 0.3) is 5.91 Å². The predicted octanol–water partition coefficient (Wildman–Crippen LogP) is -1.85. The number of hydrogen-bond donors (Lipinski definition) is 4. The fourth-order valence-electron chi connectivity index (χ4n) is 0.697. The van der Waals surface area contributed by atoms with E-state index in [1.165, 1.54) is 6.20 Å². The Morgan fingerprint density at radius 3 is 2.46 bits per heavy atom. The molecular weight excluding hydrogens is 174 g/mol. The molecule has 0 spiro atoms. The molecule has 0 fully saturated rings. The zero-order chi connectivity index (χ0) is 8.97. The fourth-order valence-corrected chi connectivity index (χ4v) is 0.697. The van der Waals surface area contributed by atoms with Gasteiger partial charge in [0.2, 0.25) is 0 Å². The molecule has 1 amide bonds. The lowest BCUT2D eigenvalue weighted by atomic mass is 10.3. The average molecular weight is 185 g/mol. The SMILES string of the molecule is NNC(=O)c1ccc(NN)nc1.O. The first-order valence-electron chi connectivity index (χ1n) is 3.21. The number of amides is 1. The van der Waals surface area contributed by atoms with E-state index in [2.05, 4.69) is 10.4 Å². The standard InChI is InChI=1S/C6H9N5O.H2O/c7-10-5-2-1-4(3-9-5)6(12)11-8;/h1-3H,7-8H2,(H,9,10)(H,11,12);1H2. The number of nitrogens with zero attached hydrogens (tertiary/aromatic N) is 1. The molecule has 0 unspecified atom stereocenters. The molecular formula is C6H11N5O2. The smallest absolute Gasteiger partial charge is 0.266 e. The molecule has 1 rings (SSSR count). The van der Waals surface area contributed by atoms with Crippen LogP contribution in [0.5, 0.6) is 0 Å². The summed E-state index contributed by atoms with van der Waals surface area (Å²) >= 11 is 0. The van der Waals surface area contributed by atoms with Crippen molar-refractivity contribution in [2.75, 3.05) is 5.43 Å². The van der Waals surface area contributed by atoms with Crippen molar-refractivity contribution in [1.82, 2.24) is 10.4 Å². The van der Waals surface area contributed by atoms with Crippen LogP contribution in [0.1, 0.15) is 10.4 Å². The molecule has 72 valence electrons. The van der Waals surface area contributed by atoms with Crippen LogP contribution in [0.25, 0.3) is 0 Å². The molecule has 7 heteroatoms. The van der Waals surface area contributed by atoms with Gasteiger partial charge in [-0.1, -0.05) is 0 Å². The zero-order valence-corrected chi connectivity index (χ0v) is 6.74. The first-order valence-corrected chi connectivity index (χ1v) is 3.21. The second-order valence-electron chi connectivity index (χ2n) is 2.05. The van der Waals surface area contributed by atoms with Crippen molar-refractivity contribution < 1.29 is 10.3 Å². The van der Waals surface area contributed by atoms with E-state index in [9.17, 15) is 4.79 Å². The summed E-state index contributed by atoms with van der Waals surface area (Å²) in [5.41, 5.74) is 4.71. The van der Waals surface area contributed by atoms with Crippen LogP contribution in [0, 0.1) is 0 Å². The van der Waals surface area contributed by atoms with E-state index in [1.807, 2.05) is 5.43 Å². The van der Waals surface area contributed by atoms with Gasteiger partial charge in [-0.2, -0.15) is 0 Å². The highest BCUT2D eigenvalue weighted by molar-refractivity contribution is 5.93. The Kier molecular flexibility index (Phi) is 4.38. The average Bonchev–Trinajstić information content (AvgIpc) is 2.17. The van der Waals surface area contributed by atoms with E-state index in [-0.39, 0.29) is 11.4 Å². The molecule has 1 aromatic heterocycles. The number of anilines is 1. The molecule has 0 aliphatic carbocycles. The van der Waals surface area contributed by atoms with Gasteiger partial charge in [0.05, 0.1) is 5.56 Å². The lowest BCUT2D eigenvalue weighted by molar-refractivity contribution is 0.0953. The molecule has 1 heterocycles. The van der Waals surface area contributed by atoms with Gasteiger partial charge in [-0.3, -0.25) is 10.2 Å². The Morgan fingerprint density at radius 2 is 2.08 bits per heavy atom. The first kappa shape index (κ1) is 11.3. The number of hydrazine groups is 2. The zero-order valence-electron chi connectivity index (χ0n) is 6.74. The summed E-state index contributed by atoms with van der Waals surface area (Å²) in [6.45, 7) is 0. The number of rotatable bonds is 2. The van der Waals surface area contributed by atoms with E-state index in [4.69, 9.17) is 11.7 Å². The molecule has 13 heavy (non-hydrogen) atoms. The summed E-state index contributed by atoms with van der Waals surface area (Å²) in [4.78, 5) is 14.7. The number of carbonyl (C=O) groups excluding carboxylic acids is 1. The minimum absolute atomic E-state index is 0. The lowest BCUT2D eigenvalue weighted by Gasteiger charge is -2.00. The molecule has 0 atom stereocenters. The molecule has 0 saturated heterocycles. The van der Waals surface area contributed by atoms with Gasteiger partial charge >= 0.3 is 0 Å². The number of pyridine rings is 1. The largest absolute Gasteiger partial charge is 0.412 e. The van der Waals surface area contributed by atoms with Gasteiger partial charge in [-0.15, -0.1) is 0 Å². The number of nitrogens with two attached hydrogens (primary N) is 2. The molecule has 0 saturated carbocycles. The summed E-state index contributed by atoms with van der Waals surface area (Å²) in [5.74, 6) is 10.1. The van der Waals surface area contributed by atoms with Crippen LogP contribution in [0.2, 0.25) is 0 Å². The van der Waals surface area contributed by atoms with Crippen molar-refractivity contribution in [3.63, 3.8) is 0 Å². The Bertz CT molecular complexity index is 273. The quantitative estimate of drug-likeness (QED) is 0.243. The molecule has 8 N–H and O–H groups in total. The van der Waals surface area contributed by atoms with Crippen molar-refractivity contribution in [3.8, 4) is 0 Å². The summed E-state index contributed by atoms with van der Waals surface area (Å²) in [6, 6.07) is 3.13. The summed E-state index contributed by atoms with van der Waals surface area (Å²) in [5, 5.41) is 0. The van der Waals surface area contributed by atoms with Gasteiger partial charge in [0.1, 0.15) is 5.82 Å². The van der Waals surface area contributed by atoms with Crippen LogP contribution >= 0.6 is 0 Å². The number of nitrogens with one attached hydrogen (secondary N) is 2. The van der Waals surface area contributed by atoms with Crippen molar-refractivity contribution >= 4 is 11.7 Å². The monoisotopic (exact) mass is 185 g/mol. The van der Waals surface area contributed by atoms with Crippen LogP contribution in [-0.4, -0.2) is 16.4 Å². The van der Waals surface area contributed by atoms with E-state index >= 15 is 0 Å². The van der Waals surface area contributed by atoms with Crippen molar-refractivity contribution in [1.29, 1.82) is 0 Å². The van der Waals surface area contributed by atoms with Crippen LogP contribution in [0.15, 0.2) is 18.3 Å². The third-order valence-electron chi connectivity index (χ3n) is 1.30. The topological polar surface area (TPSA) is 138 Å². The molecule has 0 radical (unpaired) electrons. The lowest BCUT2D eigenvalue weighted by Crippen LogP contribution is -2.30. The maximum atomic E-state index is 10.9. The molecule has 0 bridgehead atoms. The second kappa shape index (κ2) is 5.04. The highest BCUT2D eigenvalue weighted by Crippen LogP contribution is 2.02. The maximum absolute atomic E-state index is 10.9. The van der Waals surface area contributed by atoms with Gasteiger partial charge < -0.3 is 10.9 Å². The number of carbonyl (C=O) groups is 1. The highest BCUT2D eigenvalue weighted by atomic mass is 16.2. The highest BCUT2D eigenvalue weighted by Gasteiger charge is 2.02. The normalized spacial score (nSPS) is 8.46. The van der Waals surface area contributed by atoms with Crippen LogP contribution in [0.4, 0.5) is 5.82 Å². The molecule has 7 nitrogen and oxygen atoms in total. The number of aromatic nitrogens is 1. The van der Waals surface area contributed by atoms with Crippen LogP contribution < -0.4 is 22.5 Å². The van der Waals surface area contributed by atoms with Crippen LogP contribution in [0.3, 0.4) is 0 Å². The maximum Gasteiger partial charge on any atom is 0.266 e. The summed E-state index contributed by atoms with van der Waals surface area (Å²) in [7, 11) is 0. The van der Waals surface area contributed by atoms with E-state index in [0.717, 1.165) is 0 Å². The molecule has 0 aliphatic heterocycles.